The Labute approximate surface area is 172 Å². The molecule has 148 valence electrons. The number of anilines is 1. The van der Waals surface area contributed by atoms with Crippen molar-refractivity contribution < 1.29 is 4.79 Å². The molecule has 0 aliphatic carbocycles. The molecule has 3 N–H and O–H groups in total. The Morgan fingerprint density at radius 2 is 1.93 bits per heavy atom. The molecule has 1 aliphatic rings. The van der Waals surface area contributed by atoms with Crippen molar-refractivity contribution in [1.82, 2.24) is 5.32 Å². The Morgan fingerprint density at radius 1 is 1.18 bits per heavy atom. The zero-order valence-corrected chi connectivity index (χ0v) is 16.9. The number of fused-ring (bicyclic) bond motifs is 1. The summed E-state index contributed by atoms with van der Waals surface area (Å²) >= 11 is 0. The Bertz CT molecular complexity index is 846. The molecule has 1 amide bonds. The highest BCUT2D eigenvalue weighted by Gasteiger charge is 2.13. The molecular formula is C22H27ClN4O. The number of nitrogens with zero attached hydrogens (tertiary/aromatic N) is 2. The molecule has 28 heavy (non-hydrogen) atoms. The van der Waals surface area contributed by atoms with E-state index in [9.17, 15) is 4.79 Å². The zero-order valence-electron chi connectivity index (χ0n) is 16.1. The SMILES string of the molecule is CN1CCN=C(/C=C/c2ccc(C(=O)NCCCN)cc2)c2ccccc21.Cl. The number of benzene rings is 2. The molecule has 1 heterocycles. The van der Waals surface area contributed by atoms with Crippen LogP contribution in [0.2, 0.25) is 0 Å². The van der Waals surface area contributed by atoms with Crippen LogP contribution < -0.4 is 16.0 Å². The Morgan fingerprint density at radius 3 is 2.68 bits per heavy atom. The van der Waals surface area contributed by atoms with Gasteiger partial charge in [0.1, 0.15) is 0 Å². The van der Waals surface area contributed by atoms with Crippen LogP contribution in [0, 0.1) is 0 Å². The second kappa shape index (κ2) is 10.6. The van der Waals surface area contributed by atoms with Crippen LogP contribution in [0.15, 0.2) is 59.6 Å². The molecule has 0 bridgehead atoms. The maximum Gasteiger partial charge on any atom is 0.251 e. The van der Waals surface area contributed by atoms with Gasteiger partial charge in [0.2, 0.25) is 0 Å². The fraction of sp³-hybridized carbons (Fsp3) is 0.273. The van der Waals surface area contributed by atoms with Crippen LogP contribution in [0.5, 0.6) is 0 Å². The van der Waals surface area contributed by atoms with Gasteiger partial charge in [0.15, 0.2) is 0 Å². The Kier molecular flexibility index (Phi) is 8.23. The van der Waals surface area contributed by atoms with Gasteiger partial charge in [-0.2, -0.15) is 0 Å². The molecule has 0 saturated carbocycles. The quantitative estimate of drug-likeness (QED) is 0.734. The van der Waals surface area contributed by atoms with E-state index in [0.29, 0.717) is 18.7 Å². The third kappa shape index (κ3) is 5.44. The summed E-state index contributed by atoms with van der Waals surface area (Å²) in [6, 6.07) is 15.9. The van der Waals surface area contributed by atoms with Gasteiger partial charge in [0.05, 0.1) is 12.3 Å². The van der Waals surface area contributed by atoms with Gasteiger partial charge in [0, 0.05) is 37.0 Å². The summed E-state index contributed by atoms with van der Waals surface area (Å²) in [5.41, 5.74) is 10.5. The number of nitrogens with one attached hydrogen (secondary N) is 1. The second-order valence-corrected chi connectivity index (χ2v) is 6.56. The lowest BCUT2D eigenvalue weighted by molar-refractivity contribution is 0.0953. The number of rotatable bonds is 6. The molecule has 5 nitrogen and oxygen atoms in total. The van der Waals surface area contributed by atoms with E-state index in [1.165, 1.54) is 5.69 Å². The number of allylic oxidation sites excluding steroid dienone is 1. The highest BCUT2D eigenvalue weighted by atomic mass is 35.5. The van der Waals surface area contributed by atoms with Gasteiger partial charge in [-0.1, -0.05) is 36.4 Å². The first kappa shape index (κ1) is 21.7. The summed E-state index contributed by atoms with van der Waals surface area (Å²) in [6.45, 7) is 2.85. The third-order valence-electron chi connectivity index (χ3n) is 4.58. The minimum absolute atomic E-state index is 0. The van der Waals surface area contributed by atoms with Crippen LogP contribution >= 0.6 is 12.4 Å². The summed E-state index contributed by atoms with van der Waals surface area (Å²) in [5, 5.41) is 2.86. The number of para-hydroxylation sites is 1. The van der Waals surface area contributed by atoms with Crippen molar-refractivity contribution >= 4 is 35.8 Å². The number of amides is 1. The summed E-state index contributed by atoms with van der Waals surface area (Å²) < 4.78 is 0. The molecule has 0 atom stereocenters. The summed E-state index contributed by atoms with van der Waals surface area (Å²) in [4.78, 5) is 19.0. The topological polar surface area (TPSA) is 70.7 Å². The lowest BCUT2D eigenvalue weighted by Crippen LogP contribution is -2.25. The largest absolute Gasteiger partial charge is 0.372 e. The normalized spacial score (nSPS) is 13.4. The monoisotopic (exact) mass is 398 g/mol. The van der Waals surface area contributed by atoms with Gasteiger partial charge in [0.25, 0.3) is 5.91 Å². The van der Waals surface area contributed by atoms with Crippen LogP contribution in [-0.2, 0) is 0 Å². The molecule has 0 aromatic heterocycles. The standard InChI is InChI=1S/C22H26N4O.ClH/c1-26-16-15-24-20(19-5-2-3-6-21(19)26)12-9-17-7-10-18(11-8-17)22(27)25-14-4-13-23;/h2-3,5-12H,4,13-16,23H2,1H3,(H,25,27);1H/b12-9+;. The summed E-state index contributed by atoms with van der Waals surface area (Å²) in [7, 11) is 2.10. The van der Waals surface area contributed by atoms with Crippen molar-refractivity contribution in [2.24, 2.45) is 10.7 Å². The van der Waals surface area contributed by atoms with Gasteiger partial charge in [-0.15, -0.1) is 12.4 Å². The average molecular weight is 399 g/mol. The first-order chi connectivity index (χ1) is 13.2. The Balaban J connectivity index is 0.00000280. The van der Waals surface area contributed by atoms with Crippen LogP contribution in [0.25, 0.3) is 6.08 Å². The van der Waals surface area contributed by atoms with Gasteiger partial charge in [-0.3, -0.25) is 9.79 Å². The van der Waals surface area contributed by atoms with Crippen molar-refractivity contribution in [1.29, 1.82) is 0 Å². The van der Waals surface area contributed by atoms with Gasteiger partial charge >= 0.3 is 0 Å². The molecule has 3 rings (SSSR count). The predicted molar refractivity (Wildman–Crippen MR) is 120 cm³/mol. The molecule has 0 unspecified atom stereocenters. The molecule has 6 heteroatoms. The molecule has 0 radical (unpaired) electrons. The molecule has 2 aromatic rings. The van der Waals surface area contributed by atoms with Crippen molar-refractivity contribution in [2.45, 2.75) is 6.42 Å². The summed E-state index contributed by atoms with van der Waals surface area (Å²) in [6.07, 6.45) is 4.87. The first-order valence-electron chi connectivity index (χ1n) is 9.30. The van der Waals surface area contributed by atoms with Crippen molar-refractivity contribution in [3.63, 3.8) is 0 Å². The average Bonchev–Trinajstić information content (AvgIpc) is 2.86. The number of carbonyl (C=O) groups excluding carboxylic acids is 1. The maximum absolute atomic E-state index is 12.0. The molecule has 1 aliphatic heterocycles. The van der Waals surface area contributed by atoms with E-state index in [0.717, 1.165) is 36.3 Å². The van der Waals surface area contributed by atoms with E-state index in [1.807, 2.05) is 42.5 Å². The zero-order chi connectivity index (χ0) is 19.1. The van der Waals surface area contributed by atoms with E-state index in [1.54, 1.807) is 0 Å². The van der Waals surface area contributed by atoms with E-state index in [2.05, 4.69) is 35.5 Å². The lowest BCUT2D eigenvalue weighted by Gasteiger charge is -2.18. The van der Waals surface area contributed by atoms with Crippen molar-refractivity contribution in [2.75, 3.05) is 38.1 Å². The number of carbonyl (C=O) groups is 1. The number of halogens is 1. The highest BCUT2D eigenvalue weighted by Crippen LogP contribution is 2.23. The molecule has 0 spiro atoms. The molecule has 2 aromatic carbocycles. The lowest BCUT2D eigenvalue weighted by atomic mass is 10.0. The van der Waals surface area contributed by atoms with E-state index < -0.39 is 0 Å². The van der Waals surface area contributed by atoms with E-state index in [-0.39, 0.29) is 18.3 Å². The minimum atomic E-state index is -0.0657. The number of nitrogens with two attached hydrogens (primary N) is 1. The highest BCUT2D eigenvalue weighted by molar-refractivity contribution is 6.14. The second-order valence-electron chi connectivity index (χ2n) is 6.56. The number of aliphatic imine (C=N–C) groups is 1. The van der Waals surface area contributed by atoms with E-state index >= 15 is 0 Å². The van der Waals surface area contributed by atoms with Crippen LogP contribution in [0.4, 0.5) is 5.69 Å². The van der Waals surface area contributed by atoms with Crippen LogP contribution in [-0.4, -0.2) is 44.8 Å². The fourth-order valence-electron chi connectivity index (χ4n) is 3.02. The predicted octanol–water partition coefficient (Wildman–Crippen LogP) is 3.14. The third-order valence-corrected chi connectivity index (χ3v) is 4.58. The number of benzodiazepines with no additional fused rings is 1. The maximum atomic E-state index is 12.0. The first-order valence-corrected chi connectivity index (χ1v) is 9.30. The fourth-order valence-corrected chi connectivity index (χ4v) is 3.02. The molecular weight excluding hydrogens is 372 g/mol. The van der Waals surface area contributed by atoms with Gasteiger partial charge in [-0.05, 0) is 42.8 Å². The van der Waals surface area contributed by atoms with Crippen LogP contribution in [0.1, 0.15) is 27.9 Å². The number of hydrogen-bond acceptors (Lipinski definition) is 4. The van der Waals surface area contributed by atoms with Crippen molar-refractivity contribution in [3.8, 4) is 0 Å². The minimum Gasteiger partial charge on any atom is -0.372 e. The summed E-state index contributed by atoms with van der Waals surface area (Å²) in [5.74, 6) is -0.0657. The molecule has 0 saturated heterocycles. The van der Waals surface area contributed by atoms with E-state index in [4.69, 9.17) is 10.7 Å². The number of hydrogen-bond donors (Lipinski definition) is 2. The van der Waals surface area contributed by atoms with Gasteiger partial charge < -0.3 is 16.0 Å². The number of likely N-dealkylation sites (N-methyl/N-ethyl adjacent to an activating group) is 1. The van der Waals surface area contributed by atoms with Crippen molar-refractivity contribution in [3.05, 3.63) is 71.3 Å². The molecule has 0 fully saturated rings. The van der Waals surface area contributed by atoms with Gasteiger partial charge in [-0.25, -0.2) is 0 Å². The smallest absolute Gasteiger partial charge is 0.251 e. The Hall–Kier alpha value is -2.63. The van der Waals surface area contributed by atoms with Crippen LogP contribution in [0.3, 0.4) is 0 Å².